The lowest BCUT2D eigenvalue weighted by Gasteiger charge is -2.21. The van der Waals surface area contributed by atoms with Gasteiger partial charge in [-0.15, -0.1) is 11.6 Å². The summed E-state index contributed by atoms with van der Waals surface area (Å²) in [5, 5.41) is -0.508. The molecule has 2 aromatic rings. The average Bonchev–Trinajstić information content (AvgIpc) is 2.71. The summed E-state index contributed by atoms with van der Waals surface area (Å²) in [6, 6.07) is 13.4. The molecule has 0 saturated heterocycles. The van der Waals surface area contributed by atoms with Crippen LogP contribution in [0.3, 0.4) is 0 Å². The molecule has 0 saturated carbocycles. The highest BCUT2D eigenvalue weighted by atomic mass is 35.5. The van der Waals surface area contributed by atoms with E-state index in [9.17, 15) is 26.4 Å². The molecule has 0 radical (unpaired) electrons. The first-order chi connectivity index (χ1) is 15.2. The van der Waals surface area contributed by atoms with Crippen molar-refractivity contribution >= 4 is 65.6 Å². The number of ketones is 1. The van der Waals surface area contributed by atoms with Gasteiger partial charge in [0.15, 0.2) is 0 Å². The number of anilines is 2. The van der Waals surface area contributed by atoms with Crippen LogP contribution in [0.15, 0.2) is 48.5 Å². The van der Waals surface area contributed by atoms with Crippen LogP contribution in [0.2, 0.25) is 0 Å². The molecule has 182 valence electrons. The molecule has 0 aromatic heterocycles. The van der Waals surface area contributed by atoms with Crippen molar-refractivity contribution in [3.05, 3.63) is 59.7 Å². The standard InChI is InChI=1S/C19H24N2O5S2.C2H2Cl2O/c1-13(15-9-5-7-11-17(15)20-27(3,23)24)19(22)14(2)16-10-6-8-12-18(16)21-28(4,25)26;3-1-2(4)5/h5-14,20-21H,1-4H3;1H2. The van der Waals surface area contributed by atoms with Crippen molar-refractivity contribution in [2.45, 2.75) is 25.7 Å². The summed E-state index contributed by atoms with van der Waals surface area (Å²) < 4.78 is 51.3. The summed E-state index contributed by atoms with van der Waals surface area (Å²) in [5.74, 6) is -1.47. The van der Waals surface area contributed by atoms with E-state index in [1.165, 1.54) is 0 Å². The summed E-state index contributed by atoms with van der Waals surface area (Å²) in [5.41, 5.74) is 1.80. The molecule has 0 spiro atoms. The number of alkyl halides is 1. The molecule has 0 bridgehead atoms. The van der Waals surface area contributed by atoms with Gasteiger partial charge in [0, 0.05) is 11.8 Å². The lowest BCUT2D eigenvalue weighted by Crippen LogP contribution is -2.20. The van der Waals surface area contributed by atoms with E-state index in [1.54, 1.807) is 62.4 Å². The number of carbonyl (C=O) groups is 2. The molecule has 0 aliphatic carbocycles. The van der Waals surface area contributed by atoms with Crippen LogP contribution in [0, 0.1) is 0 Å². The van der Waals surface area contributed by atoms with Gasteiger partial charge in [0.05, 0.1) is 29.8 Å². The monoisotopic (exact) mass is 536 g/mol. The maximum atomic E-state index is 13.1. The Morgan fingerprint density at radius 1 is 0.788 bits per heavy atom. The average molecular weight is 537 g/mol. The normalized spacial score (nSPS) is 13.2. The second-order valence-corrected chi connectivity index (χ2v) is 11.4. The quantitative estimate of drug-likeness (QED) is 0.369. The molecule has 2 aromatic carbocycles. The SMILES string of the molecule is CC(C(=O)C(C)c1ccccc1NS(C)(=O)=O)c1ccccc1NS(C)(=O)=O.O=C(Cl)CCl. The Morgan fingerprint density at radius 3 is 1.36 bits per heavy atom. The van der Waals surface area contributed by atoms with Crippen LogP contribution in [0.25, 0.3) is 0 Å². The Bertz CT molecular complexity index is 1120. The third-order valence-corrected chi connectivity index (χ3v) is 6.10. The molecular weight excluding hydrogens is 511 g/mol. The highest BCUT2D eigenvalue weighted by Gasteiger charge is 2.27. The molecule has 0 aliphatic rings. The van der Waals surface area contributed by atoms with Gasteiger partial charge in [0.25, 0.3) is 0 Å². The van der Waals surface area contributed by atoms with Gasteiger partial charge in [-0.05, 0) is 34.9 Å². The molecule has 0 heterocycles. The van der Waals surface area contributed by atoms with Gasteiger partial charge in [0.2, 0.25) is 25.3 Å². The molecule has 2 N–H and O–H groups in total. The van der Waals surface area contributed by atoms with Crippen molar-refractivity contribution in [1.82, 2.24) is 0 Å². The summed E-state index contributed by atoms with van der Waals surface area (Å²) in [6.45, 7) is 3.41. The van der Waals surface area contributed by atoms with Crippen LogP contribution in [-0.2, 0) is 29.6 Å². The molecule has 33 heavy (non-hydrogen) atoms. The third-order valence-electron chi connectivity index (χ3n) is 4.40. The van der Waals surface area contributed by atoms with Crippen molar-refractivity contribution in [1.29, 1.82) is 0 Å². The maximum absolute atomic E-state index is 13.1. The molecule has 0 fully saturated rings. The van der Waals surface area contributed by atoms with Gasteiger partial charge in [-0.1, -0.05) is 50.2 Å². The van der Waals surface area contributed by atoms with Gasteiger partial charge in [-0.3, -0.25) is 19.0 Å². The number of carbonyl (C=O) groups excluding carboxylic acids is 2. The first-order valence-electron chi connectivity index (χ1n) is 9.57. The summed E-state index contributed by atoms with van der Waals surface area (Å²) in [6.07, 6.45) is 2.10. The predicted octanol–water partition coefficient (Wildman–Crippen LogP) is 3.90. The van der Waals surface area contributed by atoms with E-state index < -0.39 is 37.1 Å². The molecule has 0 amide bonds. The number of nitrogens with one attached hydrogen (secondary N) is 2. The van der Waals surface area contributed by atoms with Crippen LogP contribution in [0.5, 0.6) is 0 Å². The number of hydrogen-bond acceptors (Lipinski definition) is 6. The van der Waals surface area contributed by atoms with Gasteiger partial charge < -0.3 is 0 Å². The number of sulfonamides is 2. The van der Waals surface area contributed by atoms with E-state index in [4.69, 9.17) is 23.2 Å². The second kappa shape index (κ2) is 12.4. The molecular formula is C21H26Cl2N2O6S2. The third kappa shape index (κ3) is 10.1. The Hall–Kier alpha value is -2.14. The Balaban J connectivity index is 0.000000981. The van der Waals surface area contributed by atoms with Crippen LogP contribution in [0.4, 0.5) is 11.4 Å². The number of para-hydroxylation sites is 2. The van der Waals surface area contributed by atoms with Gasteiger partial charge in [0.1, 0.15) is 5.78 Å². The largest absolute Gasteiger partial charge is 0.298 e. The molecule has 8 nitrogen and oxygen atoms in total. The van der Waals surface area contributed by atoms with Crippen molar-refractivity contribution in [3.8, 4) is 0 Å². The van der Waals surface area contributed by atoms with Gasteiger partial charge in [-0.2, -0.15) is 0 Å². The van der Waals surface area contributed by atoms with Crippen LogP contribution in [0.1, 0.15) is 36.8 Å². The van der Waals surface area contributed by atoms with Crippen molar-refractivity contribution in [2.24, 2.45) is 0 Å². The lowest BCUT2D eigenvalue weighted by atomic mass is 9.84. The fraction of sp³-hybridized carbons (Fsp3) is 0.333. The fourth-order valence-electron chi connectivity index (χ4n) is 3.02. The molecule has 2 atom stereocenters. The highest BCUT2D eigenvalue weighted by molar-refractivity contribution is 7.92. The zero-order valence-corrected chi connectivity index (χ0v) is 21.6. The minimum atomic E-state index is -3.50. The first kappa shape index (κ1) is 28.9. The first-order valence-corrected chi connectivity index (χ1v) is 14.3. The fourth-order valence-corrected chi connectivity index (χ4v) is 4.19. The summed E-state index contributed by atoms with van der Waals surface area (Å²) in [7, 11) is -6.99. The van der Waals surface area contributed by atoms with Crippen LogP contribution >= 0.6 is 23.2 Å². The van der Waals surface area contributed by atoms with E-state index in [-0.39, 0.29) is 11.7 Å². The molecule has 0 aliphatic heterocycles. The smallest absolute Gasteiger partial charge is 0.236 e. The molecule has 2 rings (SSSR count). The lowest BCUT2D eigenvalue weighted by molar-refractivity contribution is -0.121. The van der Waals surface area contributed by atoms with E-state index in [0.717, 1.165) is 12.5 Å². The molecule has 2 unspecified atom stereocenters. The van der Waals surface area contributed by atoms with Crippen LogP contribution in [-0.4, -0.2) is 46.3 Å². The minimum absolute atomic E-state index is 0.0957. The maximum Gasteiger partial charge on any atom is 0.236 e. The van der Waals surface area contributed by atoms with Crippen molar-refractivity contribution in [3.63, 3.8) is 0 Å². The van der Waals surface area contributed by atoms with Crippen LogP contribution < -0.4 is 9.44 Å². The van der Waals surface area contributed by atoms with E-state index in [1.807, 2.05) is 0 Å². The highest BCUT2D eigenvalue weighted by Crippen LogP contribution is 2.33. The van der Waals surface area contributed by atoms with E-state index >= 15 is 0 Å². The Labute approximate surface area is 204 Å². The summed E-state index contributed by atoms with van der Waals surface area (Å²) in [4.78, 5) is 22.6. The van der Waals surface area contributed by atoms with Crippen molar-refractivity contribution < 1.29 is 26.4 Å². The second-order valence-electron chi connectivity index (χ2n) is 7.26. The van der Waals surface area contributed by atoms with Gasteiger partial charge >= 0.3 is 0 Å². The number of rotatable bonds is 9. The Kier molecular flexibility index (Phi) is 10.8. The number of benzene rings is 2. The minimum Gasteiger partial charge on any atom is -0.298 e. The number of halogens is 2. The van der Waals surface area contributed by atoms with Gasteiger partial charge in [-0.25, -0.2) is 16.8 Å². The zero-order chi connectivity index (χ0) is 25.4. The number of hydrogen-bond donors (Lipinski definition) is 2. The number of Topliss-reactive ketones (excluding diaryl/α,β-unsaturated/α-hetero) is 1. The topological polar surface area (TPSA) is 126 Å². The molecule has 12 heteroatoms. The Morgan fingerprint density at radius 2 is 1.09 bits per heavy atom. The predicted molar refractivity (Wildman–Crippen MR) is 133 cm³/mol. The van der Waals surface area contributed by atoms with Crippen molar-refractivity contribution in [2.75, 3.05) is 27.8 Å². The zero-order valence-electron chi connectivity index (χ0n) is 18.5. The summed E-state index contributed by atoms with van der Waals surface area (Å²) >= 11 is 9.55. The van der Waals surface area contributed by atoms with E-state index in [2.05, 4.69) is 9.44 Å². The van der Waals surface area contributed by atoms with E-state index in [0.29, 0.717) is 22.5 Å².